The Balaban J connectivity index is 1.67. The summed E-state index contributed by atoms with van der Waals surface area (Å²) >= 11 is 0. The highest BCUT2D eigenvalue weighted by molar-refractivity contribution is 5.30. The lowest BCUT2D eigenvalue weighted by atomic mass is 10.0. The van der Waals surface area contributed by atoms with Gasteiger partial charge in [0.2, 0.25) is 5.95 Å². The first kappa shape index (κ1) is 13.8. The molecule has 4 nitrogen and oxygen atoms in total. The Kier molecular flexibility index (Phi) is 4.20. The molecule has 2 fully saturated rings. The zero-order valence-corrected chi connectivity index (χ0v) is 12.8. The quantitative estimate of drug-likeness (QED) is 0.845. The summed E-state index contributed by atoms with van der Waals surface area (Å²) in [6.45, 7) is 2.26. The van der Waals surface area contributed by atoms with Crippen LogP contribution in [0, 0.1) is 0 Å². The molecule has 0 amide bonds. The average molecular weight is 274 g/mol. The van der Waals surface area contributed by atoms with Crippen LogP contribution in [0.4, 0.5) is 5.95 Å². The van der Waals surface area contributed by atoms with E-state index < -0.39 is 0 Å². The van der Waals surface area contributed by atoms with E-state index in [1.165, 1.54) is 50.8 Å². The van der Waals surface area contributed by atoms with Gasteiger partial charge < -0.3 is 9.80 Å². The monoisotopic (exact) mass is 274 g/mol. The van der Waals surface area contributed by atoms with Crippen LogP contribution in [-0.4, -0.2) is 48.1 Å². The Bertz CT molecular complexity index is 442. The lowest BCUT2D eigenvalue weighted by Crippen LogP contribution is -2.37. The van der Waals surface area contributed by atoms with E-state index in [0.29, 0.717) is 12.0 Å². The molecule has 0 aromatic carbocycles. The molecule has 2 heterocycles. The molecule has 1 aliphatic carbocycles. The number of anilines is 1. The van der Waals surface area contributed by atoms with Gasteiger partial charge in [0.15, 0.2) is 0 Å². The van der Waals surface area contributed by atoms with Crippen molar-refractivity contribution in [2.75, 3.05) is 32.1 Å². The number of rotatable bonds is 4. The van der Waals surface area contributed by atoms with E-state index in [1.807, 2.05) is 6.20 Å². The van der Waals surface area contributed by atoms with E-state index in [2.05, 4.69) is 34.9 Å². The number of nitrogens with zero attached hydrogens (tertiary/aromatic N) is 4. The second-order valence-corrected chi connectivity index (χ2v) is 6.42. The zero-order valence-electron chi connectivity index (χ0n) is 12.8. The highest BCUT2D eigenvalue weighted by atomic mass is 15.3. The molecule has 0 N–H and O–H groups in total. The molecule has 1 aromatic heterocycles. The number of aromatic nitrogens is 2. The van der Waals surface area contributed by atoms with Crippen LogP contribution in [0.25, 0.3) is 0 Å². The van der Waals surface area contributed by atoms with Crippen LogP contribution in [-0.2, 0) is 0 Å². The molecule has 110 valence electrons. The van der Waals surface area contributed by atoms with Crippen molar-refractivity contribution in [2.24, 2.45) is 0 Å². The highest BCUT2D eigenvalue weighted by Crippen LogP contribution is 2.33. The molecule has 0 unspecified atom stereocenters. The van der Waals surface area contributed by atoms with Crippen molar-refractivity contribution in [3.63, 3.8) is 0 Å². The molecule has 20 heavy (non-hydrogen) atoms. The van der Waals surface area contributed by atoms with Crippen molar-refractivity contribution < 1.29 is 0 Å². The molecular formula is C16H26N4. The first-order valence-electron chi connectivity index (χ1n) is 7.98. The van der Waals surface area contributed by atoms with Crippen LogP contribution in [0.2, 0.25) is 0 Å². The van der Waals surface area contributed by atoms with Crippen molar-refractivity contribution in [2.45, 2.75) is 50.5 Å². The van der Waals surface area contributed by atoms with Gasteiger partial charge >= 0.3 is 0 Å². The average Bonchev–Trinajstić information content (AvgIpc) is 3.12. The van der Waals surface area contributed by atoms with Crippen LogP contribution in [0.1, 0.15) is 50.1 Å². The first-order valence-corrected chi connectivity index (χ1v) is 7.98. The maximum atomic E-state index is 4.82. The van der Waals surface area contributed by atoms with Crippen LogP contribution in [0.15, 0.2) is 12.3 Å². The maximum absolute atomic E-state index is 4.82. The normalized spacial score (nSPS) is 24.4. The van der Waals surface area contributed by atoms with E-state index in [9.17, 15) is 0 Å². The van der Waals surface area contributed by atoms with Crippen LogP contribution in [0.3, 0.4) is 0 Å². The van der Waals surface area contributed by atoms with Crippen molar-refractivity contribution in [3.05, 3.63) is 18.0 Å². The largest absolute Gasteiger partial charge is 0.342 e. The number of hydrogen-bond donors (Lipinski definition) is 0. The van der Waals surface area contributed by atoms with Gasteiger partial charge in [0.05, 0.1) is 0 Å². The molecule has 1 atom stereocenters. The minimum absolute atomic E-state index is 0.652. The van der Waals surface area contributed by atoms with E-state index in [1.54, 1.807) is 0 Å². The fourth-order valence-electron chi connectivity index (χ4n) is 3.60. The van der Waals surface area contributed by atoms with E-state index >= 15 is 0 Å². The van der Waals surface area contributed by atoms with Gasteiger partial charge in [0.1, 0.15) is 0 Å². The highest BCUT2D eigenvalue weighted by Gasteiger charge is 2.24. The molecule has 0 bridgehead atoms. The van der Waals surface area contributed by atoms with E-state index in [4.69, 9.17) is 4.98 Å². The summed E-state index contributed by atoms with van der Waals surface area (Å²) in [4.78, 5) is 14.0. The SMILES string of the molecule is CN(C[C@H]1CCCN1C)c1nccc(C2CCCC2)n1. The molecule has 3 rings (SSSR count). The van der Waals surface area contributed by atoms with Crippen LogP contribution >= 0.6 is 0 Å². The molecule has 1 saturated carbocycles. The molecule has 1 aromatic rings. The summed E-state index contributed by atoms with van der Waals surface area (Å²) in [5, 5.41) is 0. The smallest absolute Gasteiger partial charge is 0.225 e. The Morgan fingerprint density at radius 3 is 2.75 bits per heavy atom. The van der Waals surface area contributed by atoms with Gasteiger partial charge in [-0.05, 0) is 45.3 Å². The molecule has 1 aliphatic heterocycles. The van der Waals surface area contributed by atoms with E-state index in [-0.39, 0.29) is 0 Å². The number of likely N-dealkylation sites (N-methyl/N-ethyl adjacent to an activating group) is 2. The van der Waals surface area contributed by atoms with Gasteiger partial charge in [0, 0.05) is 37.4 Å². The van der Waals surface area contributed by atoms with Gasteiger partial charge in [-0.25, -0.2) is 9.97 Å². The Labute approximate surface area is 122 Å². The number of likely N-dealkylation sites (tertiary alicyclic amines) is 1. The topological polar surface area (TPSA) is 32.3 Å². The van der Waals surface area contributed by atoms with Crippen molar-refractivity contribution in [1.29, 1.82) is 0 Å². The van der Waals surface area contributed by atoms with Crippen LogP contribution in [0.5, 0.6) is 0 Å². The fourth-order valence-corrected chi connectivity index (χ4v) is 3.60. The molecule has 2 aliphatic rings. The fraction of sp³-hybridized carbons (Fsp3) is 0.750. The second-order valence-electron chi connectivity index (χ2n) is 6.42. The molecule has 1 saturated heterocycles. The third-order valence-corrected chi connectivity index (χ3v) is 4.94. The number of hydrogen-bond acceptors (Lipinski definition) is 4. The maximum Gasteiger partial charge on any atom is 0.225 e. The summed E-state index contributed by atoms with van der Waals surface area (Å²) in [7, 11) is 4.35. The van der Waals surface area contributed by atoms with E-state index in [0.717, 1.165) is 12.5 Å². The first-order chi connectivity index (χ1) is 9.74. The van der Waals surface area contributed by atoms with Crippen LogP contribution < -0.4 is 4.90 Å². The molecule has 0 spiro atoms. The standard InChI is InChI=1S/C16H26N4/c1-19-11-5-8-14(19)12-20(2)16-17-10-9-15(18-16)13-6-3-4-7-13/h9-10,13-14H,3-8,11-12H2,1-2H3/t14-/m1/s1. The lowest BCUT2D eigenvalue weighted by molar-refractivity contribution is 0.313. The summed E-state index contributed by atoms with van der Waals surface area (Å²) in [6, 6.07) is 2.76. The minimum Gasteiger partial charge on any atom is -0.342 e. The minimum atomic E-state index is 0.652. The van der Waals surface area contributed by atoms with Crippen molar-refractivity contribution in [1.82, 2.24) is 14.9 Å². The summed E-state index contributed by atoms with van der Waals surface area (Å²) < 4.78 is 0. The molecular weight excluding hydrogens is 248 g/mol. The summed E-state index contributed by atoms with van der Waals surface area (Å²) in [5.41, 5.74) is 1.25. The third-order valence-electron chi connectivity index (χ3n) is 4.94. The van der Waals surface area contributed by atoms with Gasteiger partial charge in [0.25, 0.3) is 0 Å². The predicted molar refractivity (Wildman–Crippen MR) is 82.2 cm³/mol. The Hall–Kier alpha value is -1.16. The Morgan fingerprint density at radius 1 is 1.25 bits per heavy atom. The summed E-state index contributed by atoms with van der Waals surface area (Å²) in [5.74, 6) is 1.56. The van der Waals surface area contributed by atoms with Gasteiger partial charge in [-0.3, -0.25) is 0 Å². The van der Waals surface area contributed by atoms with Crippen molar-refractivity contribution >= 4 is 5.95 Å². The van der Waals surface area contributed by atoms with Gasteiger partial charge in [-0.15, -0.1) is 0 Å². The summed E-state index contributed by atoms with van der Waals surface area (Å²) in [6.07, 6.45) is 9.85. The predicted octanol–water partition coefficient (Wildman–Crippen LogP) is 2.66. The lowest BCUT2D eigenvalue weighted by Gasteiger charge is -2.26. The Morgan fingerprint density at radius 2 is 2.05 bits per heavy atom. The second kappa shape index (κ2) is 6.08. The molecule has 0 radical (unpaired) electrons. The van der Waals surface area contributed by atoms with Gasteiger partial charge in [-0.1, -0.05) is 12.8 Å². The van der Waals surface area contributed by atoms with Gasteiger partial charge in [-0.2, -0.15) is 0 Å². The third kappa shape index (κ3) is 2.95. The van der Waals surface area contributed by atoms with Crippen molar-refractivity contribution in [3.8, 4) is 0 Å². The molecule has 4 heteroatoms. The zero-order chi connectivity index (χ0) is 13.9.